The second-order valence-corrected chi connectivity index (χ2v) is 6.62. The summed E-state index contributed by atoms with van der Waals surface area (Å²) in [4.78, 5) is 10.6. The van der Waals surface area contributed by atoms with E-state index >= 15 is 0 Å². The zero-order chi connectivity index (χ0) is 15.3. The first-order chi connectivity index (χ1) is 9.22. The van der Waals surface area contributed by atoms with Gasteiger partial charge in [-0.25, -0.2) is 17.9 Å². The zero-order valence-electron chi connectivity index (χ0n) is 11.7. The van der Waals surface area contributed by atoms with Crippen LogP contribution >= 0.6 is 0 Å². The molecule has 0 unspecified atom stereocenters. The molecule has 0 heterocycles. The molecule has 112 valence electrons. The summed E-state index contributed by atoms with van der Waals surface area (Å²) >= 11 is 0. The fraction of sp³-hybridized carbons (Fsp3) is 0.462. The Morgan fingerprint density at radius 3 is 2.55 bits per heavy atom. The molecule has 0 aromatic heterocycles. The van der Waals surface area contributed by atoms with E-state index in [0.29, 0.717) is 17.9 Å². The fourth-order valence-corrected chi connectivity index (χ4v) is 2.75. The number of sulfonamides is 1. The van der Waals surface area contributed by atoms with Crippen LogP contribution in [0, 0.1) is 12.8 Å². The molecule has 0 saturated carbocycles. The van der Waals surface area contributed by atoms with Gasteiger partial charge in [0.15, 0.2) is 6.61 Å². The van der Waals surface area contributed by atoms with Crippen molar-refractivity contribution in [1.29, 1.82) is 0 Å². The van der Waals surface area contributed by atoms with Crippen molar-refractivity contribution in [1.82, 2.24) is 4.72 Å². The fourth-order valence-electron chi connectivity index (χ4n) is 1.45. The Morgan fingerprint density at radius 1 is 1.40 bits per heavy atom. The van der Waals surface area contributed by atoms with Crippen LogP contribution in [-0.4, -0.2) is 32.6 Å². The summed E-state index contributed by atoms with van der Waals surface area (Å²) < 4.78 is 31.6. The lowest BCUT2D eigenvalue weighted by Crippen LogP contribution is -2.27. The van der Waals surface area contributed by atoms with Gasteiger partial charge in [0, 0.05) is 6.54 Å². The normalized spacial score (nSPS) is 11.6. The van der Waals surface area contributed by atoms with Gasteiger partial charge in [-0.2, -0.15) is 0 Å². The monoisotopic (exact) mass is 301 g/mol. The maximum Gasteiger partial charge on any atom is 0.341 e. The number of carbonyl (C=O) groups is 1. The van der Waals surface area contributed by atoms with Gasteiger partial charge in [-0.15, -0.1) is 0 Å². The van der Waals surface area contributed by atoms with E-state index in [1.807, 2.05) is 13.8 Å². The molecule has 1 aromatic carbocycles. The van der Waals surface area contributed by atoms with E-state index in [1.165, 1.54) is 18.2 Å². The molecular weight excluding hydrogens is 282 g/mol. The van der Waals surface area contributed by atoms with Gasteiger partial charge in [0.05, 0.1) is 4.90 Å². The Kier molecular flexibility index (Phi) is 5.52. The van der Waals surface area contributed by atoms with Gasteiger partial charge in [0.2, 0.25) is 10.0 Å². The summed E-state index contributed by atoms with van der Waals surface area (Å²) in [5.41, 5.74) is 0.568. The topological polar surface area (TPSA) is 92.7 Å². The third-order valence-electron chi connectivity index (χ3n) is 2.49. The molecule has 1 aromatic rings. The van der Waals surface area contributed by atoms with Crippen molar-refractivity contribution >= 4 is 16.0 Å². The Bertz CT molecular complexity index is 580. The summed E-state index contributed by atoms with van der Waals surface area (Å²) in [5.74, 6) is -0.515. The predicted molar refractivity (Wildman–Crippen MR) is 74.3 cm³/mol. The first kappa shape index (κ1) is 16.5. The standard InChI is InChI=1S/C13H19NO5S/c1-9(2)7-14-20(17,18)11-4-5-12(10(3)6-11)19-8-13(15)16/h4-6,9,14H,7-8H2,1-3H3,(H,15,16). The molecular formula is C13H19NO5S. The van der Waals surface area contributed by atoms with E-state index in [1.54, 1.807) is 6.92 Å². The van der Waals surface area contributed by atoms with Gasteiger partial charge in [-0.05, 0) is 36.6 Å². The highest BCUT2D eigenvalue weighted by atomic mass is 32.2. The lowest BCUT2D eigenvalue weighted by molar-refractivity contribution is -0.139. The summed E-state index contributed by atoms with van der Waals surface area (Å²) in [6, 6.07) is 4.31. The molecule has 0 aliphatic carbocycles. The highest BCUT2D eigenvalue weighted by Crippen LogP contribution is 2.21. The van der Waals surface area contributed by atoms with Crippen LogP contribution in [0.3, 0.4) is 0 Å². The quantitative estimate of drug-likeness (QED) is 0.794. The average molecular weight is 301 g/mol. The highest BCUT2D eigenvalue weighted by molar-refractivity contribution is 7.89. The lowest BCUT2D eigenvalue weighted by Gasteiger charge is -2.11. The molecule has 0 fully saturated rings. The van der Waals surface area contributed by atoms with Gasteiger partial charge in [0.1, 0.15) is 5.75 Å². The number of rotatable bonds is 7. The van der Waals surface area contributed by atoms with Gasteiger partial charge < -0.3 is 9.84 Å². The van der Waals surface area contributed by atoms with Crippen LogP contribution in [0.2, 0.25) is 0 Å². The minimum Gasteiger partial charge on any atom is -0.482 e. The minimum atomic E-state index is -3.55. The number of hydrogen-bond acceptors (Lipinski definition) is 4. The number of ether oxygens (including phenoxy) is 1. The summed E-state index contributed by atoms with van der Waals surface area (Å²) in [6.07, 6.45) is 0. The Balaban J connectivity index is 2.88. The van der Waals surface area contributed by atoms with Crippen molar-refractivity contribution in [3.05, 3.63) is 23.8 Å². The third-order valence-corrected chi connectivity index (χ3v) is 3.91. The smallest absolute Gasteiger partial charge is 0.341 e. The van der Waals surface area contributed by atoms with Crippen molar-refractivity contribution < 1.29 is 23.1 Å². The molecule has 0 amide bonds. The molecule has 20 heavy (non-hydrogen) atoms. The number of aliphatic carboxylic acids is 1. The number of hydrogen-bond donors (Lipinski definition) is 2. The molecule has 0 radical (unpaired) electrons. The predicted octanol–water partition coefficient (Wildman–Crippen LogP) is 1.39. The number of carboxylic acids is 1. The van der Waals surface area contributed by atoms with Crippen molar-refractivity contribution in [2.24, 2.45) is 5.92 Å². The van der Waals surface area contributed by atoms with E-state index in [4.69, 9.17) is 9.84 Å². The number of benzene rings is 1. The van der Waals surface area contributed by atoms with Crippen LogP contribution in [0.15, 0.2) is 23.1 Å². The van der Waals surface area contributed by atoms with Crippen LogP contribution in [0.1, 0.15) is 19.4 Å². The summed E-state index contributed by atoms with van der Waals surface area (Å²) in [5, 5.41) is 8.54. The highest BCUT2D eigenvalue weighted by Gasteiger charge is 2.15. The molecule has 1 rings (SSSR count). The van der Waals surface area contributed by atoms with Crippen LogP contribution in [0.4, 0.5) is 0 Å². The second-order valence-electron chi connectivity index (χ2n) is 4.86. The van der Waals surface area contributed by atoms with E-state index in [0.717, 1.165) is 0 Å². The van der Waals surface area contributed by atoms with Gasteiger partial charge in [-0.3, -0.25) is 0 Å². The van der Waals surface area contributed by atoms with Gasteiger partial charge in [-0.1, -0.05) is 13.8 Å². The van der Waals surface area contributed by atoms with Crippen LogP contribution in [0.25, 0.3) is 0 Å². The first-order valence-electron chi connectivity index (χ1n) is 6.17. The molecule has 0 atom stereocenters. The maximum absolute atomic E-state index is 12.0. The largest absolute Gasteiger partial charge is 0.482 e. The summed E-state index contributed by atoms with van der Waals surface area (Å²) in [7, 11) is -3.55. The Labute approximate surface area is 118 Å². The average Bonchev–Trinajstić information content (AvgIpc) is 2.34. The van der Waals surface area contributed by atoms with E-state index in [-0.39, 0.29) is 10.8 Å². The zero-order valence-corrected chi connectivity index (χ0v) is 12.5. The van der Waals surface area contributed by atoms with Crippen molar-refractivity contribution in [2.45, 2.75) is 25.7 Å². The van der Waals surface area contributed by atoms with Crippen molar-refractivity contribution in [3.8, 4) is 5.75 Å². The molecule has 6 nitrogen and oxygen atoms in total. The van der Waals surface area contributed by atoms with Crippen LogP contribution < -0.4 is 9.46 Å². The first-order valence-corrected chi connectivity index (χ1v) is 7.65. The van der Waals surface area contributed by atoms with E-state index in [9.17, 15) is 13.2 Å². The van der Waals surface area contributed by atoms with E-state index in [2.05, 4.69) is 4.72 Å². The number of nitrogens with one attached hydrogen (secondary N) is 1. The molecule has 0 aliphatic rings. The molecule has 7 heteroatoms. The van der Waals surface area contributed by atoms with Crippen LogP contribution in [0.5, 0.6) is 5.75 Å². The third kappa shape index (κ3) is 4.82. The Morgan fingerprint density at radius 2 is 2.05 bits per heavy atom. The summed E-state index contributed by atoms with van der Waals surface area (Å²) in [6.45, 7) is 5.39. The molecule has 0 aliphatic heterocycles. The molecule has 0 saturated heterocycles. The second kappa shape index (κ2) is 6.71. The van der Waals surface area contributed by atoms with Gasteiger partial charge >= 0.3 is 5.97 Å². The maximum atomic E-state index is 12.0. The number of aryl methyl sites for hydroxylation is 1. The SMILES string of the molecule is Cc1cc(S(=O)(=O)NCC(C)C)ccc1OCC(=O)O. The van der Waals surface area contributed by atoms with Crippen LogP contribution in [-0.2, 0) is 14.8 Å². The minimum absolute atomic E-state index is 0.137. The molecule has 2 N–H and O–H groups in total. The van der Waals surface area contributed by atoms with Crippen molar-refractivity contribution in [2.75, 3.05) is 13.2 Å². The molecule has 0 spiro atoms. The molecule has 0 bridgehead atoms. The van der Waals surface area contributed by atoms with Gasteiger partial charge in [0.25, 0.3) is 0 Å². The van der Waals surface area contributed by atoms with E-state index < -0.39 is 22.6 Å². The van der Waals surface area contributed by atoms with Crippen molar-refractivity contribution in [3.63, 3.8) is 0 Å². The lowest BCUT2D eigenvalue weighted by atomic mass is 10.2. The Hall–Kier alpha value is -1.60. The number of carboxylic acid groups (broad SMARTS) is 1.